The Labute approximate surface area is 98.0 Å². The lowest BCUT2D eigenvalue weighted by atomic mass is 10.2. The van der Waals surface area contributed by atoms with Crippen LogP contribution >= 0.6 is 15.9 Å². The van der Waals surface area contributed by atoms with Gasteiger partial charge in [-0.3, -0.25) is 4.68 Å². The standard InChI is InChI=1S/C10H17BrFN3/c1-3-8-10(11)9(5-7(12)6-13)15(4-2)14-8/h7H,3-6,13H2,1-2H3. The first kappa shape index (κ1) is 12.6. The van der Waals surface area contributed by atoms with E-state index in [1.165, 1.54) is 0 Å². The van der Waals surface area contributed by atoms with Gasteiger partial charge < -0.3 is 5.73 Å². The molecular weight excluding hydrogens is 261 g/mol. The summed E-state index contributed by atoms with van der Waals surface area (Å²) in [4.78, 5) is 0. The van der Waals surface area contributed by atoms with E-state index in [4.69, 9.17) is 5.73 Å². The number of hydrogen-bond donors (Lipinski definition) is 1. The van der Waals surface area contributed by atoms with Crippen molar-refractivity contribution in [3.8, 4) is 0 Å². The molecule has 0 aliphatic heterocycles. The molecule has 0 saturated carbocycles. The minimum atomic E-state index is -0.993. The van der Waals surface area contributed by atoms with Crippen LogP contribution in [0.2, 0.25) is 0 Å². The Hall–Kier alpha value is -0.420. The zero-order valence-electron chi connectivity index (χ0n) is 9.13. The molecule has 86 valence electrons. The van der Waals surface area contributed by atoms with Gasteiger partial charge in [0.25, 0.3) is 0 Å². The SMILES string of the molecule is CCc1nn(CC)c(CC(F)CN)c1Br. The fourth-order valence-electron chi connectivity index (χ4n) is 1.51. The summed E-state index contributed by atoms with van der Waals surface area (Å²) in [7, 11) is 0. The lowest BCUT2D eigenvalue weighted by Gasteiger charge is -2.07. The maximum Gasteiger partial charge on any atom is 0.118 e. The molecule has 1 atom stereocenters. The molecule has 5 heteroatoms. The third-order valence-corrected chi connectivity index (χ3v) is 3.28. The van der Waals surface area contributed by atoms with Crippen molar-refractivity contribution in [2.45, 2.75) is 39.4 Å². The lowest BCUT2D eigenvalue weighted by Crippen LogP contribution is -2.19. The normalized spacial score (nSPS) is 13.1. The Kier molecular flexibility index (Phi) is 4.73. The van der Waals surface area contributed by atoms with Crippen molar-refractivity contribution in [1.82, 2.24) is 9.78 Å². The Bertz CT molecular complexity index is 325. The molecule has 0 bridgehead atoms. The summed E-state index contributed by atoms with van der Waals surface area (Å²) >= 11 is 3.47. The van der Waals surface area contributed by atoms with E-state index >= 15 is 0 Å². The van der Waals surface area contributed by atoms with Crippen LogP contribution in [-0.2, 0) is 19.4 Å². The van der Waals surface area contributed by atoms with Crippen molar-refractivity contribution in [2.24, 2.45) is 5.73 Å². The maximum absolute atomic E-state index is 13.2. The fraction of sp³-hybridized carbons (Fsp3) is 0.700. The molecule has 3 nitrogen and oxygen atoms in total. The Morgan fingerprint density at radius 3 is 2.67 bits per heavy atom. The van der Waals surface area contributed by atoms with Gasteiger partial charge in [0.15, 0.2) is 0 Å². The quantitative estimate of drug-likeness (QED) is 0.896. The van der Waals surface area contributed by atoms with Crippen molar-refractivity contribution < 1.29 is 4.39 Å². The van der Waals surface area contributed by atoms with Gasteiger partial charge in [0.1, 0.15) is 6.17 Å². The van der Waals surface area contributed by atoms with Crippen LogP contribution in [0.5, 0.6) is 0 Å². The van der Waals surface area contributed by atoms with E-state index in [1.807, 2.05) is 18.5 Å². The van der Waals surface area contributed by atoms with Crippen LogP contribution in [0, 0.1) is 0 Å². The molecule has 1 aromatic rings. The van der Waals surface area contributed by atoms with E-state index in [-0.39, 0.29) is 6.54 Å². The number of rotatable bonds is 5. The summed E-state index contributed by atoms with van der Waals surface area (Å²) in [6.45, 7) is 4.85. The molecule has 1 unspecified atom stereocenters. The molecule has 0 amide bonds. The predicted octanol–water partition coefficient (Wildman–Crippen LogP) is 2.07. The molecule has 1 rings (SSSR count). The molecule has 0 saturated heterocycles. The van der Waals surface area contributed by atoms with Crippen LogP contribution in [0.3, 0.4) is 0 Å². The van der Waals surface area contributed by atoms with Gasteiger partial charge in [0, 0.05) is 19.5 Å². The van der Waals surface area contributed by atoms with Crippen molar-refractivity contribution in [1.29, 1.82) is 0 Å². The van der Waals surface area contributed by atoms with Gasteiger partial charge in [-0.05, 0) is 29.3 Å². The second-order valence-corrected chi connectivity index (χ2v) is 4.21. The first-order chi connectivity index (χ1) is 7.13. The van der Waals surface area contributed by atoms with E-state index in [0.29, 0.717) is 6.42 Å². The fourth-order valence-corrected chi connectivity index (χ4v) is 2.23. The topological polar surface area (TPSA) is 43.8 Å². The van der Waals surface area contributed by atoms with E-state index in [0.717, 1.165) is 28.8 Å². The van der Waals surface area contributed by atoms with Crippen LogP contribution in [0.15, 0.2) is 4.47 Å². The predicted molar refractivity (Wildman–Crippen MR) is 62.6 cm³/mol. The maximum atomic E-state index is 13.2. The number of alkyl halides is 1. The number of aryl methyl sites for hydroxylation is 2. The van der Waals surface area contributed by atoms with Crippen LogP contribution in [0.4, 0.5) is 4.39 Å². The molecule has 0 spiro atoms. The summed E-state index contributed by atoms with van der Waals surface area (Å²) in [5.74, 6) is 0. The van der Waals surface area contributed by atoms with Gasteiger partial charge in [-0.1, -0.05) is 6.92 Å². The first-order valence-corrected chi connectivity index (χ1v) is 6.01. The van der Waals surface area contributed by atoms with E-state index in [2.05, 4.69) is 21.0 Å². The molecule has 0 aliphatic carbocycles. The molecule has 15 heavy (non-hydrogen) atoms. The monoisotopic (exact) mass is 277 g/mol. The number of hydrogen-bond acceptors (Lipinski definition) is 2. The largest absolute Gasteiger partial charge is 0.328 e. The number of aromatic nitrogens is 2. The highest BCUT2D eigenvalue weighted by Crippen LogP contribution is 2.23. The highest BCUT2D eigenvalue weighted by atomic mass is 79.9. The third-order valence-electron chi connectivity index (χ3n) is 2.36. The molecule has 1 aromatic heterocycles. The van der Waals surface area contributed by atoms with Crippen molar-refractivity contribution in [3.63, 3.8) is 0 Å². The summed E-state index contributed by atoms with van der Waals surface area (Å²) < 4.78 is 16.0. The molecule has 2 N–H and O–H groups in total. The third kappa shape index (κ3) is 2.78. The minimum absolute atomic E-state index is 0.0583. The van der Waals surface area contributed by atoms with Crippen molar-refractivity contribution >= 4 is 15.9 Å². The van der Waals surface area contributed by atoms with Crippen molar-refractivity contribution in [3.05, 3.63) is 15.9 Å². The Morgan fingerprint density at radius 1 is 1.53 bits per heavy atom. The zero-order chi connectivity index (χ0) is 11.4. The summed E-state index contributed by atoms with van der Waals surface area (Å²) in [6, 6.07) is 0. The molecule has 0 radical (unpaired) electrons. The summed E-state index contributed by atoms with van der Waals surface area (Å²) in [5, 5.41) is 4.40. The highest BCUT2D eigenvalue weighted by molar-refractivity contribution is 9.10. The molecular formula is C10H17BrFN3. The van der Waals surface area contributed by atoms with Crippen LogP contribution in [-0.4, -0.2) is 22.5 Å². The van der Waals surface area contributed by atoms with E-state index in [9.17, 15) is 4.39 Å². The van der Waals surface area contributed by atoms with Gasteiger partial charge in [0.2, 0.25) is 0 Å². The molecule has 1 heterocycles. The van der Waals surface area contributed by atoms with Gasteiger partial charge in [-0.25, -0.2) is 4.39 Å². The van der Waals surface area contributed by atoms with Gasteiger partial charge in [0.05, 0.1) is 15.9 Å². The van der Waals surface area contributed by atoms with Gasteiger partial charge >= 0.3 is 0 Å². The number of nitrogens with zero attached hydrogens (tertiary/aromatic N) is 2. The second kappa shape index (κ2) is 5.61. The van der Waals surface area contributed by atoms with E-state index < -0.39 is 6.17 Å². The van der Waals surface area contributed by atoms with E-state index in [1.54, 1.807) is 0 Å². The highest BCUT2D eigenvalue weighted by Gasteiger charge is 2.17. The van der Waals surface area contributed by atoms with Crippen molar-refractivity contribution in [2.75, 3.05) is 6.54 Å². The Balaban J connectivity index is 2.97. The number of nitrogens with two attached hydrogens (primary N) is 1. The molecule has 0 fully saturated rings. The van der Waals surface area contributed by atoms with Crippen LogP contribution < -0.4 is 5.73 Å². The lowest BCUT2D eigenvalue weighted by molar-refractivity contribution is 0.332. The van der Waals surface area contributed by atoms with Gasteiger partial charge in [-0.2, -0.15) is 5.10 Å². The molecule has 0 aromatic carbocycles. The first-order valence-electron chi connectivity index (χ1n) is 5.22. The molecule has 0 aliphatic rings. The minimum Gasteiger partial charge on any atom is -0.328 e. The average Bonchev–Trinajstić information content (AvgIpc) is 2.55. The smallest absolute Gasteiger partial charge is 0.118 e. The number of halogens is 2. The van der Waals surface area contributed by atoms with Crippen LogP contribution in [0.25, 0.3) is 0 Å². The second-order valence-electron chi connectivity index (χ2n) is 3.41. The van der Waals surface area contributed by atoms with Crippen LogP contribution in [0.1, 0.15) is 25.2 Å². The Morgan fingerprint density at radius 2 is 2.20 bits per heavy atom. The average molecular weight is 278 g/mol. The van der Waals surface area contributed by atoms with Gasteiger partial charge in [-0.15, -0.1) is 0 Å². The summed E-state index contributed by atoms with van der Waals surface area (Å²) in [6.07, 6.45) is 0.186. The summed E-state index contributed by atoms with van der Waals surface area (Å²) in [5.41, 5.74) is 7.17. The zero-order valence-corrected chi connectivity index (χ0v) is 10.7.